The van der Waals surface area contributed by atoms with Crippen LogP contribution in [0.4, 0.5) is 10.5 Å². The molecule has 1 aromatic heterocycles. The molecule has 2 amide bonds. The van der Waals surface area contributed by atoms with E-state index in [4.69, 9.17) is 0 Å². The predicted octanol–water partition coefficient (Wildman–Crippen LogP) is 4.59. The zero-order valence-electron chi connectivity index (χ0n) is 14.5. The summed E-state index contributed by atoms with van der Waals surface area (Å²) in [6, 6.07) is 20.5. The highest BCUT2D eigenvalue weighted by atomic mass is 16.2. The zero-order chi connectivity index (χ0) is 17.2. The van der Waals surface area contributed by atoms with Crippen molar-refractivity contribution in [3.63, 3.8) is 0 Å². The molecule has 4 nitrogen and oxygen atoms in total. The minimum Gasteiger partial charge on any atom is -0.347 e. The smallest absolute Gasteiger partial charge is 0.321 e. The van der Waals surface area contributed by atoms with Gasteiger partial charge in [-0.1, -0.05) is 36.4 Å². The monoisotopic (exact) mass is 333 g/mol. The number of para-hydroxylation sites is 2. The molecule has 0 spiro atoms. The van der Waals surface area contributed by atoms with Gasteiger partial charge < -0.3 is 14.8 Å². The minimum absolute atomic E-state index is 0.00157. The van der Waals surface area contributed by atoms with E-state index < -0.39 is 0 Å². The molecule has 0 unspecified atom stereocenters. The third kappa shape index (κ3) is 3.12. The zero-order valence-corrected chi connectivity index (χ0v) is 14.5. The molecular formula is C21H23N3O. The predicted molar refractivity (Wildman–Crippen MR) is 102 cm³/mol. The summed E-state index contributed by atoms with van der Waals surface area (Å²) in [5.41, 5.74) is 3.51. The van der Waals surface area contributed by atoms with E-state index in [-0.39, 0.29) is 6.03 Å². The SMILES string of the molecule is Cn1c(C2CCN(C(=O)Nc3ccccc3)CC2)cc2ccccc21. The van der Waals surface area contributed by atoms with Crippen LogP contribution in [0.15, 0.2) is 60.7 Å². The number of aryl methyl sites for hydroxylation is 1. The largest absolute Gasteiger partial charge is 0.347 e. The average Bonchev–Trinajstić information content (AvgIpc) is 3.00. The molecule has 4 rings (SSSR count). The van der Waals surface area contributed by atoms with E-state index >= 15 is 0 Å². The van der Waals surface area contributed by atoms with Gasteiger partial charge in [-0.05, 0) is 42.5 Å². The van der Waals surface area contributed by atoms with Crippen LogP contribution in [0, 0.1) is 0 Å². The van der Waals surface area contributed by atoms with Gasteiger partial charge in [0.1, 0.15) is 0 Å². The Kier molecular flexibility index (Phi) is 4.18. The first-order valence-corrected chi connectivity index (χ1v) is 8.88. The van der Waals surface area contributed by atoms with Crippen LogP contribution in [-0.2, 0) is 7.05 Å². The number of anilines is 1. The van der Waals surface area contributed by atoms with E-state index in [1.165, 1.54) is 16.6 Å². The summed E-state index contributed by atoms with van der Waals surface area (Å²) in [6.45, 7) is 1.59. The Labute approximate surface area is 148 Å². The van der Waals surface area contributed by atoms with Crippen LogP contribution in [0.3, 0.4) is 0 Å². The van der Waals surface area contributed by atoms with Crippen molar-refractivity contribution in [3.05, 3.63) is 66.4 Å². The Morgan fingerprint density at radius 2 is 1.68 bits per heavy atom. The molecule has 1 saturated heterocycles. The Hall–Kier alpha value is -2.75. The second-order valence-corrected chi connectivity index (χ2v) is 6.74. The van der Waals surface area contributed by atoms with E-state index in [1.54, 1.807) is 0 Å². The second kappa shape index (κ2) is 6.63. The van der Waals surface area contributed by atoms with E-state index in [1.807, 2.05) is 35.2 Å². The van der Waals surface area contributed by atoms with Crippen molar-refractivity contribution >= 4 is 22.6 Å². The summed E-state index contributed by atoms with van der Waals surface area (Å²) in [5, 5.41) is 4.28. The lowest BCUT2D eigenvalue weighted by atomic mass is 9.93. The number of piperidine rings is 1. The third-order valence-corrected chi connectivity index (χ3v) is 5.21. The van der Waals surface area contributed by atoms with E-state index in [9.17, 15) is 4.79 Å². The van der Waals surface area contributed by atoms with Crippen molar-refractivity contribution in [1.29, 1.82) is 0 Å². The topological polar surface area (TPSA) is 37.3 Å². The molecule has 25 heavy (non-hydrogen) atoms. The number of rotatable bonds is 2. The number of likely N-dealkylation sites (tertiary alicyclic amines) is 1. The maximum Gasteiger partial charge on any atom is 0.321 e. The van der Waals surface area contributed by atoms with Gasteiger partial charge in [0.15, 0.2) is 0 Å². The van der Waals surface area contributed by atoms with Crippen molar-refractivity contribution in [3.8, 4) is 0 Å². The van der Waals surface area contributed by atoms with Gasteiger partial charge >= 0.3 is 6.03 Å². The standard InChI is InChI=1S/C21H23N3O/c1-23-19-10-6-5-7-17(19)15-20(23)16-11-13-24(14-12-16)21(25)22-18-8-3-2-4-9-18/h2-10,15-16H,11-14H2,1H3,(H,22,25). The van der Waals surface area contributed by atoms with Crippen LogP contribution in [0.25, 0.3) is 10.9 Å². The number of amides is 2. The van der Waals surface area contributed by atoms with Gasteiger partial charge in [0.05, 0.1) is 0 Å². The summed E-state index contributed by atoms with van der Waals surface area (Å²) in [7, 11) is 2.14. The number of nitrogens with zero attached hydrogens (tertiary/aromatic N) is 2. The molecule has 1 fully saturated rings. The van der Waals surface area contributed by atoms with Gasteiger partial charge in [-0.2, -0.15) is 0 Å². The molecule has 128 valence electrons. The molecule has 2 heterocycles. The molecule has 0 bridgehead atoms. The molecule has 3 aromatic rings. The van der Waals surface area contributed by atoms with E-state index in [2.05, 4.69) is 47.3 Å². The molecule has 0 saturated carbocycles. The molecule has 0 atom stereocenters. The van der Waals surface area contributed by atoms with E-state index in [0.29, 0.717) is 5.92 Å². The first-order valence-electron chi connectivity index (χ1n) is 8.88. The normalized spacial score (nSPS) is 15.5. The van der Waals surface area contributed by atoms with Gasteiger partial charge in [-0.3, -0.25) is 0 Å². The average molecular weight is 333 g/mol. The van der Waals surface area contributed by atoms with Gasteiger partial charge in [0, 0.05) is 43.0 Å². The number of nitrogens with one attached hydrogen (secondary N) is 1. The summed E-state index contributed by atoms with van der Waals surface area (Å²) >= 11 is 0. The number of aromatic nitrogens is 1. The van der Waals surface area contributed by atoms with Gasteiger partial charge in [0.2, 0.25) is 0 Å². The van der Waals surface area contributed by atoms with Crippen LogP contribution in [0.5, 0.6) is 0 Å². The molecule has 1 aliphatic rings. The van der Waals surface area contributed by atoms with Crippen molar-refractivity contribution in [2.24, 2.45) is 7.05 Å². The molecular weight excluding hydrogens is 310 g/mol. The number of carbonyl (C=O) groups is 1. The fourth-order valence-electron chi connectivity index (χ4n) is 3.80. The summed E-state index contributed by atoms with van der Waals surface area (Å²) in [4.78, 5) is 14.4. The fourth-order valence-corrected chi connectivity index (χ4v) is 3.80. The van der Waals surface area contributed by atoms with Crippen molar-refractivity contribution in [1.82, 2.24) is 9.47 Å². The molecule has 0 radical (unpaired) electrons. The highest BCUT2D eigenvalue weighted by Crippen LogP contribution is 2.32. The van der Waals surface area contributed by atoms with Crippen LogP contribution < -0.4 is 5.32 Å². The Morgan fingerprint density at radius 3 is 2.40 bits per heavy atom. The van der Waals surface area contributed by atoms with Crippen molar-refractivity contribution in [2.45, 2.75) is 18.8 Å². The van der Waals surface area contributed by atoms with Crippen LogP contribution in [-0.4, -0.2) is 28.6 Å². The molecule has 1 N–H and O–H groups in total. The number of hydrogen-bond acceptors (Lipinski definition) is 1. The van der Waals surface area contributed by atoms with Gasteiger partial charge in [0.25, 0.3) is 0 Å². The minimum atomic E-state index is 0.00157. The van der Waals surface area contributed by atoms with Gasteiger partial charge in [-0.25, -0.2) is 4.79 Å². The lowest BCUT2D eigenvalue weighted by molar-refractivity contribution is 0.193. The van der Waals surface area contributed by atoms with Crippen molar-refractivity contribution in [2.75, 3.05) is 18.4 Å². The molecule has 1 aliphatic heterocycles. The Morgan fingerprint density at radius 1 is 1.00 bits per heavy atom. The number of urea groups is 1. The number of benzene rings is 2. The summed E-state index contributed by atoms with van der Waals surface area (Å²) < 4.78 is 2.31. The maximum absolute atomic E-state index is 12.4. The molecule has 0 aliphatic carbocycles. The first kappa shape index (κ1) is 15.8. The maximum atomic E-state index is 12.4. The number of fused-ring (bicyclic) bond motifs is 1. The number of carbonyl (C=O) groups excluding carboxylic acids is 1. The molecule has 2 aromatic carbocycles. The van der Waals surface area contributed by atoms with Gasteiger partial charge in [-0.15, -0.1) is 0 Å². The number of hydrogen-bond donors (Lipinski definition) is 1. The van der Waals surface area contributed by atoms with E-state index in [0.717, 1.165) is 31.6 Å². The third-order valence-electron chi connectivity index (χ3n) is 5.21. The van der Waals surface area contributed by atoms with Crippen LogP contribution in [0.1, 0.15) is 24.5 Å². The lowest BCUT2D eigenvalue weighted by Gasteiger charge is -2.32. The Balaban J connectivity index is 1.42. The highest BCUT2D eigenvalue weighted by molar-refractivity contribution is 5.89. The fraction of sp³-hybridized carbons (Fsp3) is 0.286. The lowest BCUT2D eigenvalue weighted by Crippen LogP contribution is -2.40. The second-order valence-electron chi connectivity index (χ2n) is 6.74. The highest BCUT2D eigenvalue weighted by Gasteiger charge is 2.25. The Bertz CT molecular complexity index is 877. The van der Waals surface area contributed by atoms with Crippen LogP contribution in [0.2, 0.25) is 0 Å². The van der Waals surface area contributed by atoms with Crippen LogP contribution >= 0.6 is 0 Å². The molecule has 4 heteroatoms. The summed E-state index contributed by atoms with van der Waals surface area (Å²) in [5.74, 6) is 0.512. The first-order chi connectivity index (χ1) is 12.2. The summed E-state index contributed by atoms with van der Waals surface area (Å²) in [6.07, 6.45) is 2.01. The van der Waals surface area contributed by atoms with Crippen molar-refractivity contribution < 1.29 is 4.79 Å². The quantitative estimate of drug-likeness (QED) is 0.732.